The molecule has 0 bridgehead atoms. The number of sulfonamides is 1. The van der Waals surface area contributed by atoms with Gasteiger partial charge in [-0.15, -0.1) is 0 Å². The lowest BCUT2D eigenvalue weighted by atomic mass is 10.0. The van der Waals surface area contributed by atoms with Crippen LogP contribution in [0.4, 0.5) is 5.69 Å². The van der Waals surface area contributed by atoms with Gasteiger partial charge in [-0.1, -0.05) is 60.2 Å². The second-order valence-corrected chi connectivity index (χ2v) is 12.7. The van der Waals surface area contributed by atoms with E-state index >= 15 is 0 Å². The summed E-state index contributed by atoms with van der Waals surface area (Å²) in [5.41, 5.74) is 2.62. The molecule has 0 spiro atoms. The Morgan fingerprint density at radius 1 is 0.787 bits per heavy atom. The lowest BCUT2D eigenvalue weighted by Crippen LogP contribution is -2.53. The van der Waals surface area contributed by atoms with Gasteiger partial charge in [0.15, 0.2) is 11.5 Å². The van der Waals surface area contributed by atoms with Crippen LogP contribution in [0.3, 0.4) is 0 Å². The smallest absolute Gasteiger partial charge is 0.264 e. The van der Waals surface area contributed by atoms with Crippen LogP contribution in [0.15, 0.2) is 102 Å². The van der Waals surface area contributed by atoms with Gasteiger partial charge in [0.25, 0.3) is 10.0 Å². The SMILES string of the molecule is CCNC(=O)[C@H](Cc1ccccc1)N(Cc1cccc(OC)c1)C(=O)CN(c1ccc(OC)c(OC)c1)S(=O)(=O)c1ccc(C)cc1. The Hall–Kier alpha value is -5.03. The average Bonchev–Trinajstić information content (AvgIpc) is 3.09. The van der Waals surface area contributed by atoms with Crippen LogP contribution in [0, 0.1) is 6.92 Å². The summed E-state index contributed by atoms with van der Waals surface area (Å²) < 4.78 is 45.9. The molecule has 1 N–H and O–H groups in total. The van der Waals surface area contributed by atoms with Crippen molar-refractivity contribution in [3.63, 3.8) is 0 Å². The second kappa shape index (κ2) is 16.0. The maximum absolute atomic E-state index is 14.6. The van der Waals surface area contributed by atoms with Gasteiger partial charge in [-0.05, 0) is 61.4 Å². The zero-order valence-corrected chi connectivity index (χ0v) is 28.1. The predicted molar refractivity (Wildman–Crippen MR) is 181 cm³/mol. The molecule has 4 aromatic rings. The minimum absolute atomic E-state index is 0.00888. The summed E-state index contributed by atoms with van der Waals surface area (Å²) >= 11 is 0. The fourth-order valence-electron chi connectivity index (χ4n) is 5.16. The topological polar surface area (TPSA) is 114 Å². The lowest BCUT2D eigenvalue weighted by Gasteiger charge is -2.34. The molecule has 0 aliphatic rings. The Morgan fingerprint density at radius 2 is 1.47 bits per heavy atom. The first-order chi connectivity index (χ1) is 22.6. The number of carbonyl (C=O) groups is 2. The van der Waals surface area contributed by atoms with Crippen LogP contribution in [0.5, 0.6) is 17.2 Å². The predicted octanol–water partition coefficient (Wildman–Crippen LogP) is 4.99. The van der Waals surface area contributed by atoms with Crippen molar-refractivity contribution in [3.8, 4) is 17.2 Å². The van der Waals surface area contributed by atoms with Crippen LogP contribution >= 0.6 is 0 Å². The van der Waals surface area contributed by atoms with Gasteiger partial charge in [-0.25, -0.2) is 8.42 Å². The van der Waals surface area contributed by atoms with Crippen LogP contribution in [0.25, 0.3) is 0 Å². The molecule has 0 aliphatic heterocycles. The average molecular weight is 660 g/mol. The molecule has 0 fully saturated rings. The Balaban J connectivity index is 1.84. The van der Waals surface area contributed by atoms with E-state index in [0.29, 0.717) is 29.4 Å². The van der Waals surface area contributed by atoms with Crippen molar-refractivity contribution in [2.75, 3.05) is 38.7 Å². The number of anilines is 1. The molecule has 2 amide bonds. The Bertz CT molecular complexity index is 1760. The molecule has 0 heterocycles. The summed E-state index contributed by atoms with van der Waals surface area (Å²) in [4.78, 5) is 29.7. The van der Waals surface area contributed by atoms with Crippen LogP contribution in [0.1, 0.15) is 23.6 Å². The first-order valence-electron chi connectivity index (χ1n) is 15.2. The van der Waals surface area contributed by atoms with Gasteiger partial charge in [0.1, 0.15) is 18.3 Å². The first kappa shape index (κ1) is 34.8. The van der Waals surface area contributed by atoms with Gasteiger partial charge in [0.05, 0.1) is 31.9 Å². The van der Waals surface area contributed by atoms with Crippen LogP contribution in [-0.2, 0) is 32.6 Å². The van der Waals surface area contributed by atoms with Gasteiger partial charge in [0, 0.05) is 25.6 Å². The van der Waals surface area contributed by atoms with Gasteiger partial charge in [-0.2, -0.15) is 0 Å². The summed E-state index contributed by atoms with van der Waals surface area (Å²) in [7, 11) is 0.199. The second-order valence-electron chi connectivity index (χ2n) is 10.8. The number of aryl methyl sites for hydroxylation is 1. The van der Waals surface area contributed by atoms with Gasteiger partial charge >= 0.3 is 0 Å². The summed E-state index contributed by atoms with van der Waals surface area (Å²) in [6, 6.07) is 26.7. The largest absolute Gasteiger partial charge is 0.497 e. The number of rotatable bonds is 15. The molecule has 4 aromatic carbocycles. The third-order valence-corrected chi connectivity index (χ3v) is 9.44. The number of nitrogens with zero attached hydrogens (tertiary/aromatic N) is 2. The zero-order valence-electron chi connectivity index (χ0n) is 27.3. The normalized spacial score (nSPS) is 11.7. The van der Waals surface area contributed by atoms with E-state index in [-0.39, 0.29) is 29.5 Å². The third kappa shape index (κ3) is 8.62. The maximum atomic E-state index is 14.6. The van der Waals surface area contributed by atoms with E-state index in [9.17, 15) is 18.0 Å². The molecule has 1 atom stereocenters. The van der Waals surface area contributed by atoms with E-state index in [4.69, 9.17) is 14.2 Å². The fraction of sp³-hybridized carbons (Fsp3) is 0.278. The van der Waals surface area contributed by atoms with Crippen molar-refractivity contribution >= 4 is 27.5 Å². The molecule has 248 valence electrons. The van der Waals surface area contributed by atoms with E-state index < -0.39 is 28.5 Å². The molecule has 0 aliphatic carbocycles. The van der Waals surface area contributed by atoms with E-state index in [0.717, 1.165) is 15.4 Å². The minimum atomic E-state index is -4.27. The Kier molecular flexibility index (Phi) is 11.9. The van der Waals surface area contributed by atoms with E-state index in [2.05, 4.69) is 5.32 Å². The monoisotopic (exact) mass is 659 g/mol. The molecular formula is C36H41N3O7S. The molecule has 0 radical (unpaired) electrons. The Morgan fingerprint density at radius 3 is 2.11 bits per heavy atom. The molecule has 0 unspecified atom stereocenters. The van der Waals surface area contributed by atoms with Crippen molar-refractivity contribution in [2.24, 2.45) is 0 Å². The molecule has 10 nitrogen and oxygen atoms in total. The summed E-state index contributed by atoms with van der Waals surface area (Å²) in [5, 5.41) is 2.86. The molecule has 11 heteroatoms. The van der Waals surface area contributed by atoms with Crippen molar-refractivity contribution in [1.82, 2.24) is 10.2 Å². The number of carbonyl (C=O) groups excluding carboxylic acids is 2. The number of nitrogens with one attached hydrogen (secondary N) is 1. The molecule has 4 rings (SSSR count). The highest BCUT2D eigenvalue weighted by Gasteiger charge is 2.35. The van der Waals surface area contributed by atoms with Crippen molar-refractivity contribution < 1.29 is 32.2 Å². The van der Waals surface area contributed by atoms with Gasteiger partial charge in [-0.3, -0.25) is 13.9 Å². The van der Waals surface area contributed by atoms with Crippen molar-refractivity contribution in [2.45, 2.75) is 37.8 Å². The van der Waals surface area contributed by atoms with E-state index in [1.54, 1.807) is 56.5 Å². The minimum Gasteiger partial charge on any atom is -0.497 e. The molecule has 0 aromatic heterocycles. The summed E-state index contributed by atoms with van der Waals surface area (Å²) in [5.74, 6) is 0.340. The quantitative estimate of drug-likeness (QED) is 0.191. The summed E-state index contributed by atoms with van der Waals surface area (Å²) in [6.45, 7) is 3.44. The maximum Gasteiger partial charge on any atom is 0.264 e. The van der Waals surface area contributed by atoms with Crippen LogP contribution < -0.4 is 23.8 Å². The molecule has 0 saturated heterocycles. The van der Waals surface area contributed by atoms with Gasteiger partial charge in [0.2, 0.25) is 11.8 Å². The standard InChI is InChI=1S/C36H41N3O7S/c1-6-37-36(41)32(22-27-11-8-7-9-12-27)38(24-28-13-10-14-30(21-28)44-3)35(40)25-39(29-17-20-33(45-4)34(23-29)46-5)47(42,43)31-18-15-26(2)16-19-31/h7-21,23,32H,6,22,24-25H2,1-5H3,(H,37,41)/t32-/m0/s1. The third-order valence-electron chi connectivity index (χ3n) is 7.65. The highest BCUT2D eigenvalue weighted by molar-refractivity contribution is 7.92. The van der Waals surface area contributed by atoms with Crippen molar-refractivity contribution in [3.05, 3.63) is 114 Å². The number of hydrogen-bond donors (Lipinski definition) is 1. The Labute approximate surface area is 276 Å². The van der Waals surface area contributed by atoms with Crippen LogP contribution in [-0.4, -0.2) is 65.6 Å². The van der Waals surface area contributed by atoms with Crippen molar-refractivity contribution in [1.29, 1.82) is 0 Å². The number of benzene rings is 4. The fourth-order valence-corrected chi connectivity index (χ4v) is 6.57. The van der Waals surface area contributed by atoms with Gasteiger partial charge < -0.3 is 24.4 Å². The highest BCUT2D eigenvalue weighted by Crippen LogP contribution is 2.34. The van der Waals surface area contributed by atoms with E-state index in [1.165, 1.54) is 37.3 Å². The summed E-state index contributed by atoms with van der Waals surface area (Å²) in [6.07, 6.45) is 0.212. The zero-order chi connectivity index (χ0) is 34.0. The highest BCUT2D eigenvalue weighted by atomic mass is 32.2. The number of ether oxygens (including phenoxy) is 3. The van der Waals surface area contributed by atoms with E-state index in [1.807, 2.05) is 43.3 Å². The number of likely N-dealkylation sites (N-methyl/N-ethyl adjacent to an activating group) is 1. The number of methoxy groups -OCH3 is 3. The number of amides is 2. The first-order valence-corrected chi connectivity index (χ1v) is 16.6. The molecule has 0 saturated carbocycles. The number of hydrogen-bond acceptors (Lipinski definition) is 7. The molecule has 47 heavy (non-hydrogen) atoms. The molecular weight excluding hydrogens is 618 g/mol. The lowest BCUT2D eigenvalue weighted by molar-refractivity contribution is -0.140. The van der Waals surface area contributed by atoms with Crippen LogP contribution in [0.2, 0.25) is 0 Å².